The molecule has 2 atom stereocenters. The van der Waals surface area contributed by atoms with Crippen molar-refractivity contribution in [3.8, 4) is 0 Å². The molecule has 1 aliphatic rings. The number of aliphatic carboxylic acids is 1. The molecule has 0 aromatic rings. The molecule has 98 valence electrons. The van der Waals surface area contributed by atoms with Crippen molar-refractivity contribution in [2.24, 2.45) is 0 Å². The Balaban J connectivity index is 2.32. The maximum absolute atomic E-state index is 10.8. The summed E-state index contributed by atoms with van der Waals surface area (Å²) in [5, 5.41) is 13.1. The van der Waals surface area contributed by atoms with Gasteiger partial charge in [0.05, 0.1) is 0 Å². The number of carbonyl (C=O) groups is 1. The Morgan fingerprint density at radius 2 is 2.29 bits per heavy atom. The summed E-state index contributed by atoms with van der Waals surface area (Å²) < 4.78 is 0. The van der Waals surface area contributed by atoms with Crippen LogP contribution in [0, 0.1) is 0 Å². The Hall–Kier alpha value is -0.480. The van der Waals surface area contributed by atoms with E-state index >= 15 is 0 Å². The maximum Gasteiger partial charge on any atom is 0.331 e. The van der Waals surface area contributed by atoms with Crippen LogP contribution < -0.4 is 5.32 Å². The molecular weight excluding hydrogens is 234 g/mol. The Morgan fingerprint density at radius 1 is 1.53 bits per heavy atom. The Labute approximate surface area is 108 Å². The lowest BCUT2D eigenvalue weighted by Gasteiger charge is -2.28. The number of carboxylic acid groups (broad SMARTS) is 1. The zero-order valence-electron chi connectivity index (χ0n) is 10.7. The predicted molar refractivity (Wildman–Crippen MR) is 73.6 cm³/mol. The van der Waals surface area contributed by atoms with Crippen molar-refractivity contribution >= 4 is 17.7 Å². The third-order valence-electron chi connectivity index (χ3n) is 3.37. The smallest absolute Gasteiger partial charge is 0.331 e. The summed E-state index contributed by atoms with van der Waals surface area (Å²) in [6.07, 6.45) is 9.62. The lowest BCUT2D eigenvalue weighted by Crippen LogP contribution is -2.35. The lowest BCUT2D eigenvalue weighted by molar-refractivity contribution is -0.132. The van der Waals surface area contributed by atoms with E-state index in [1.807, 2.05) is 24.8 Å². The molecule has 17 heavy (non-hydrogen) atoms. The molecule has 0 aliphatic heterocycles. The molecule has 0 saturated heterocycles. The first kappa shape index (κ1) is 14.6. The summed E-state index contributed by atoms with van der Waals surface area (Å²) >= 11 is 1.95. The standard InChI is InChI=1S/C13H23NO2S/c1-3-10(13(15)16)7-8-14-11-5-4-6-12(9-11)17-2/h7,11-12,14H,3-6,8-9H2,1-2H3,(H,15,16). The van der Waals surface area contributed by atoms with Gasteiger partial charge in [-0.25, -0.2) is 4.79 Å². The van der Waals surface area contributed by atoms with Gasteiger partial charge in [-0.2, -0.15) is 11.8 Å². The normalized spacial score (nSPS) is 25.9. The van der Waals surface area contributed by atoms with Gasteiger partial charge in [-0.15, -0.1) is 0 Å². The molecule has 1 fully saturated rings. The highest BCUT2D eigenvalue weighted by atomic mass is 32.2. The summed E-state index contributed by atoms with van der Waals surface area (Å²) in [7, 11) is 0. The molecule has 3 nitrogen and oxygen atoms in total. The van der Waals surface area contributed by atoms with Crippen LogP contribution in [0.5, 0.6) is 0 Å². The van der Waals surface area contributed by atoms with Gasteiger partial charge in [0.15, 0.2) is 0 Å². The van der Waals surface area contributed by atoms with E-state index in [2.05, 4.69) is 11.6 Å². The van der Waals surface area contributed by atoms with E-state index in [0.29, 0.717) is 24.6 Å². The van der Waals surface area contributed by atoms with Crippen LogP contribution in [0.25, 0.3) is 0 Å². The van der Waals surface area contributed by atoms with Crippen LogP contribution in [-0.2, 0) is 4.79 Å². The fraction of sp³-hybridized carbons (Fsp3) is 0.769. The Kier molecular flexibility index (Phi) is 6.66. The molecule has 0 aromatic heterocycles. The molecule has 0 heterocycles. The molecule has 2 N–H and O–H groups in total. The minimum atomic E-state index is -0.792. The van der Waals surface area contributed by atoms with Gasteiger partial charge < -0.3 is 10.4 Å². The molecule has 0 aromatic carbocycles. The number of rotatable bonds is 6. The lowest BCUT2D eigenvalue weighted by atomic mass is 9.95. The molecule has 0 amide bonds. The topological polar surface area (TPSA) is 49.3 Å². The van der Waals surface area contributed by atoms with Gasteiger partial charge in [-0.05, 0) is 31.9 Å². The highest BCUT2D eigenvalue weighted by Crippen LogP contribution is 2.26. The SMILES string of the molecule is CCC(=CCNC1CCCC(SC)C1)C(=O)O. The van der Waals surface area contributed by atoms with Crippen molar-refractivity contribution < 1.29 is 9.90 Å². The molecule has 0 spiro atoms. The first-order valence-corrected chi connectivity index (χ1v) is 7.64. The van der Waals surface area contributed by atoms with Crippen LogP contribution in [0.4, 0.5) is 0 Å². The second kappa shape index (κ2) is 7.77. The van der Waals surface area contributed by atoms with Crippen molar-refractivity contribution in [1.82, 2.24) is 5.32 Å². The van der Waals surface area contributed by atoms with E-state index in [1.54, 1.807) is 0 Å². The molecule has 2 unspecified atom stereocenters. The summed E-state index contributed by atoms with van der Waals surface area (Å²) in [5.41, 5.74) is 0.509. The van der Waals surface area contributed by atoms with E-state index in [1.165, 1.54) is 25.7 Å². The van der Waals surface area contributed by atoms with E-state index in [-0.39, 0.29) is 0 Å². The molecule has 0 bridgehead atoms. The average Bonchev–Trinajstić information content (AvgIpc) is 2.34. The van der Waals surface area contributed by atoms with E-state index in [9.17, 15) is 4.79 Å². The number of thioether (sulfide) groups is 1. The van der Waals surface area contributed by atoms with Gasteiger partial charge >= 0.3 is 5.97 Å². The van der Waals surface area contributed by atoms with Crippen molar-refractivity contribution in [3.05, 3.63) is 11.6 Å². The van der Waals surface area contributed by atoms with Crippen molar-refractivity contribution in [2.45, 2.75) is 50.3 Å². The first-order valence-electron chi connectivity index (χ1n) is 6.35. The molecular formula is C13H23NO2S. The van der Waals surface area contributed by atoms with Gasteiger partial charge in [0, 0.05) is 23.4 Å². The van der Waals surface area contributed by atoms with Gasteiger partial charge in [0.2, 0.25) is 0 Å². The van der Waals surface area contributed by atoms with Crippen LogP contribution >= 0.6 is 11.8 Å². The fourth-order valence-electron chi connectivity index (χ4n) is 2.28. The van der Waals surface area contributed by atoms with Crippen LogP contribution in [-0.4, -0.2) is 35.2 Å². The minimum absolute atomic E-state index is 0.509. The second-order valence-corrected chi connectivity index (χ2v) is 5.66. The number of hydrogen-bond donors (Lipinski definition) is 2. The van der Waals surface area contributed by atoms with Gasteiger partial charge in [0.1, 0.15) is 0 Å². The third-order valence-corrected chi connectivity index (χ3v) is 4.46. The fourth-order valence-corrected chi connectivity index (χ4v) is 3.10. The maximum atomic E-state index is 10.8. The molecule has 4 heteroatoms. The summed E-state index contributed by atoms with van der Waals surface area (Å²) in [4.78, 5) is 10.8. The zero-order chi connectivity index (χ0) is 12.7. The largest absolute Gasteiger partial charge is 0.478 e. The van der Waals surface area contributed by atoms with Crippen molar-refractivity contribution in [1.29, 1.82) is 0 Å². The predicted octanol–water partition coefficient (Wildman–Crippen LogP) is 2.67. The van der Waals surface area contributed by atoms with Crippen LogP contribution in [0.15, 0.2) is 11.6 Å². The van der Waals surface area contributed by atoms with E-state index in [0.717, 1.165) is 5.25 Å². The highest BCUT2D eigenvalue weighted by Gasteiger charge is 2.20. The van der Waals surface area contributed by atoms with Crippen molar-refractivity contribution in [2.75, 3.05) is 12.8 Å². The Morgan fingerprint density at radius 3 is 2.88 bits per heavy atom. The van der Waals surface area contributed by atoms with E-state index < -0.39 is 5.97 Å². The quantitative estimate of drug-likeness (QED) is 0.718. The second-order valence-electron chi connectivity index (χ2n) is 4.52. The summed E-state index contributed by atoms with van der Waals surface area (Å²) in [5.74, 6) is -0.792. The van der Waals surface area contributed by atoms with Crippen LogP contribution in [0.1, 0.15) is 39.0 Å². The molecule has 1 rings (SSSR count). The van der Waals surface area contributed by atoms with Gasteiger partial charge in [0.25, 0.3) is 0 Å². The third kappa shape index (κ3) is 5.13. The zero-order valence-corrected chi connectivity index (χ0v) is 11.6. The molecule has 0 radical (unpaired) electrons. The average molecular weight is 257 g/mol. The summed E-state index contributed by atoms with van der Waals surface area (Å²) in [6, 6.07) is 0.560. The number of nitrogens with one attached hydrogen (secondary N) is 1. The first-order chi connectivity index (χ1) is 8.17. The monoisotopic (exact) mass is 257 g/mol. The van der Waals surface area contributed by atoms with Gasteiger partial charge in [-0.1, -0.05) is 19.4 Å². The molecule has 1 saturated carbocycles. The van der Waals surface area contributed by atoms with Crippen LogP contribution in [0.2, 0.25) is 0 Å². The highest BCUT2D eigenvalue weighted by molar-refractivity contribution is 7.99. The van der Waals surface area contributed by atoms with Crippen molar-refractivity contribution in [3.63, 3.8) is 0 Å². The van der Waals surface area contributed by atoms with E-state index in [4.69, 9.17) is 5.11 Å². The number of hydrogen-bond acceptors (Lipinski definition) is 3. The Bertz CT molecular complexity index is 279. The minimum Gasteiger partial charge on any atom is -0.478 e. The summed E-state index contributed by atoms with van der Waals surface area (Å²) in [6.45, 7) is 2.56. The van der Waals surface area contributed by atoms with Crippen LogP contribution in [0.3, 0.4) is 0 Å². The van der Waals surface area contributed by atoms with Gasteiger partial charge in [-0.3, -0.25) is 0 Å². The number of carboxylic acids is 1. The molecule has 1 aliphatic carbocycles.